The van der Waals surface area contributed by atoms with E-state index in [0.717, 1.165) is 15.1 Å². The van der Waals surface area contributed by atoms with Crippen LogP contribution in [0.4, 0.5) is 0 Å². The van der Waals surface area contributed by atoms with Gasteiger partial charge in [-0.3, -0.25) is 4.79 Å². The van der Waals surface area contributed by atoms with Crippen molar-refractivity contribution in [3.63, 3.8) is 0 Å². The van der Waals surface area contributed by atoms with Crippen molar-refractivity contribution in [2.45, 2.75) is 0 Å². The lowest BCUT2D eigenvalue weighted by molar-refractivity contribution is 0.0832. The summed E-state index contributed by atoms with van der Waals surface area (Å²) in [5, 5.41) is 1.03. The second-order valence-electron chi connectivity index (χ2n) is 3.21. The molecule has 0 saturated carbocycles. The summed E-state index contributed by atoms with van der Waals surface area (Å²) in [6.07, 6.45) is 1.74. The topological polar surface area (TPSA) is 33.2 Å². The average Bonchev–Trinajstić information content (AvgIpc) is 2.59. The smallest absolute Gasteiger partial charge is 0.263 e. The molecule has 0 aromatic carbocycles. The Labute approximate surface area is 86.0 Å². The zero-order valence-electron chi connectivity index (χ0n) is 8.02. The predicted molar refractivity (Wildman–Crippen MR) is 57.6 cm³/mol. The molecular formula is C10H10N2OS. The van der Waals surface area contributed by atoms with Crippen molar-refractivity contribution in [3.05, 3.63) is 29.3 Å². The van der Waals surface area contributed by atoms with Crippen LogP contribution in [0.3, 0.4) is 0 Å². The lowest BCUT2D eigenvalue weighted by atomic mass is 10.3. The first-order valence-corrected chi connectivity index (χ1v) is 5.06. The summed E-state index contributed by atoms with van der Waals surface area (Å²) < 4.78 is 0. The lowest BCUT2D eigenvalue weighted by Gasteiger charge is -2.06. The maximum Gasteiger partial charge on any atom is 0.263 e. The third-order valence-electron chi connectivity index (χ3n) is 1.91. The van der Waals surface area contributed by atoms with Crippen molar-refractivity contribution in [1.82, 2.24) is 9.88 Å². The van der Waals surface area contributed by atoms with Crippen molar-refractivity contribution in [1.29, 1.82) is 0 Å². The van der Waals surface area contributed by atoms with Crippen LogP contribution in [0.5, 0.6) is 0 Å². The molecule has 2 rings (SSSR count). The van der Waals surface area contributed by atoms with Gasteiger partial charge in [0.05, 0.1) is 4.88 Å². The van der Waals surface area contributed by atoms with Gasteiger partial charge in [0.15, 0.2) is 0 Å². The first-order valence-electron chi connectivity index (χ1n) is 4.24. The molecule has 0 radical (unpaired) electrons. The first kappa shape index (κ1) is 9.15. The fraction of sp³-hybridized carbons (Fsp3) is 0.200. The fourth-order valence-electron chi connectivity index (χ4n) is 1.20. The Bertz CT molecular complexity index is 443. The Morgan fingerprint density at radius 3 is 2.93 bits per heavy atom. The zero-order valence-corrected chi connectivity index (χ0v) is 8.84. The maximum atomic E-state index is 11.6. The molecule has 72 valence electrons. The van der Waals surface area contributed by atoms with Crippen LogP contribution in [0.25, 0.3) is 10.2 Å². The molecule has 0 aliphatic carbocycles. The molecule has 2 aromatic rings. The van der Waals surface area contributed by atoms with Gasteiger partial charge in [-0.05, 0) is 12.1 Å². The van der Waals surface area contributed by atoms with Crippen molar-refractivity contribution >= 4 is 27.5 Å². The minimum absolute atomic E-state index is 0.0352. The third kappa shape index (κ3) is 1.48. The predicted octanol–water partition coefficient (Wildman–Crippen LogP) is 2.00. The highest BCUT2D eigenvalue weighted by Gasteiger charge is 2.11. The maximum absolute atomic E-state index is 11.6. The van der Waals surface area contributed by atoms with Gasteiger partial charge in [-0.15, -0.1) is 11.3 Å². The van der Waals surface area contributed by atoms with Crippen molar-refractivity contribution in [3.8, 4) is 0 Å². The minimum atomic E-state index is 0.0352. The van der Waals surface area contributed by atoms with Crippen molar-refractivity contribution < 1.29 is 4.79 Å². The summed E-state index contributed by atoms with van der Waals surface area (Å²) in [6, 6.07) is 5.72. The Morgan fingerprint density at radius 1 is 1.50 bits per heavy atom. The van der Waals surface area contributed by atoms with Crippen LogP contribution < -0.4 is 0 Å². The summed E-state index contributed by atoms with van der Waals surface area (Å²) in [4.78, 5) is 19.0. The van der Waals surface area contributed by atoms with Crippen molar-refractivity contribution in [2.24, 2.45) is 0 Å². The number of thiophene rings is 1. The zero-order chi connectivity index (χ0) is 10.1. The van der Waals surface area contributed by atoms with Crippen LogP contribution in [-0.2, 0) is 0 Å². The van der Waals surface area contributed by atoms with Gasteiger partial charge >= 0.3 is 0 Å². The number of carbonyl (C=O) groups excluding carboxylic acids is 1. The number of rotatable bonds is 1. The molecule has 0 saturated heterocycles. The lowest BCUT2D eigenvalue weighted by Crippen LogP contribution is -2.20. The third-order valence-corrected chi connectivity index (χ3v) is 2.96. The summed E-state index contributed by atoms with van der Waals surface area (Å²) >= 11 is 1.43. The summed E-state index contributed by atoms with van der Waals surface area (Å²) in [6.45, 7) is 0. The van der Waals surface area contributed by atoms with E-state index in [1.807, 2.05) is 18.2 Å². The minimum Gasteiger partial charge on any atom is -0.344 e. The highest BCUT2D eigenvalue weighted by atomic mass is 32.1. The van der Waals surface area contributed by atoms with Gasteiger partial charge in [0.2, 0.25) is 0 Å². The number of fused-ring (bicyclic) bond motifs is 1. The van der Waals surface area contributed by atoms with E-state index < -0.39 is 0 Å². The molecule has 1 amide bonds. The summed E-state index contributed by atoms with van der Waals surface area (Å²) in [5.41, 5.74) is 0. The molecule has 0 N–H and O–H groups in total. The van der Waals surface area contributed by atoms with Crippen LogP contribution >= 0.6 is 11.3 Å². The number of nitrogens with zero attached hydrogens (tertiary/aromatic N) is 2. The quantitative estimate of drug-likeness (QED) is 0.715. The van der Waals surface area contributed by atoms with Crippen LogP contribution in [0.15, 0.2) is 24.4 Å². The SMILES string of the molecule is CN(C)C(=O)c1cc2cccnc2s1. The van der Waals surface area contributed by atoms with Crippen LogP contribution in [0, 0.1) is 0 Å². The molecule has 2 heterocycles. The largest absolute Gasteiger partial charge is 0.344 e. The average molecular weight is 206 g/mol. The molecule has 0 aliphatic rings. The monoisotopic (exact) mass is 206 g/mol. The van der Waals surface area contributed by atoms with Crippen LogP contribution in [0.1, 0.15) is 9.67 Å². The number of aromatic nitrogens is 1. The molecule has 0 atom stereocenters. The molecule has 0 unspecified atom stereocenters. The number of carbonyl (C=O) groups is 1. The van der Waals surface area contributed by atoms with Gasteiger partial charge in [0.1, 0.15) is 4.83 Å². The molecule has 2 aromatic heterocycles. The highest BCUT2D eigenvalue weighted by Crippen LogP contribution is 2.23. The standard InChI is InChI=1S/C10H10N2OS/c1-12(2)10(13)8-6-7-4-3-5-11-9(7)14-8/h3-6H,1-2H3. The van der Waals surface area contributed by atoms with Gasteiger partial charge < -0.3 is 4.90 Å². The van der Waals surface area contributed by atoms with E-state index in [1.165, 1.54) is 11.3 Å². The van der Waals surface area contributed by atoms with Gasteiger partial charge in [-0.2, -0.15) is 0 Å². The molecule has 0 aliphatic heterocycles. The van der Waals surface area contributed by atoms with E-state index in [0.29, 0.717) is 0 Å². The first-order chi connectivity index (χ1) is 6.68. The molecule has 0 bridgehead atoms. The van der Waals surface area contributed by atoms with Crippen LogP contribution in [-0.4, -0.2) is 29.9 Å². The number of hydrogen-bond donors (Lipinski definition) is 0. The van der Waals surface area contributed by atoms with Gasteiger partial charge in [0.25, 0.3) is 5.91 Å². The van der Waals surface area contributed by atoms with E-state index in [4.69, 9.17) is 0 Å². The Hall–Kier alpha value is -1.42. The molecule has 0 spiro atoms. The fourth-order valence-corrected chi connectivity index (χ4v) is 2.22. The summed E-state index contributed by atoms with van der Waals surface area (Å²) in [7, 11) is 3.50. The normalized spacial score (nSPS) is 10.4. The van der Waals surface area contributed by atoms with Gasteiger partial charge in [-0.1, -0.05) is 6.07 Å². The molecule has 0 fully saturated rings. The molecule has 4 heteroatoms. The van der Waals surface area contributed by atoms with Crippen LogP contribution in [0.2, 0.25) is 0 Å². The number of pyridine rings is 1. The van der Waals surface area contributed by atoms with Gasteiger partial charge in [0, 0.05) is 25.7 Å². The van der Waals surface area contributed by atoms with E-state index in [-0.39, 0.29) is 5.91 Å². The highest BCUT2D eigenvalue weighted by molar-refractivity contribution is 7.20. The molecule has 14 heavy (non-hydrogen) atoms. The van der Waals surface area contributed by atoms with Crippen molar-refractivity contribution in [2.75, 3.05) is 14.1 Å². The number of amides is 1. The Kier molecular flexibility index (Phi) is 2.21. The van der Waals surface area contributed by atoms with E-state index in [9.17, 15) is 4.79 Å². The van der Waals surface area contributed by atoms with Gasteiger partial charge in [-0.25, -0.2) is 4.98 Å². The molecular weight excluding hydrogens is 196 g/mol. The Morgan fingerprint density at radius 2 is 2.29 bits per heavy atom. The van der Waals surface area contributed by atoms with E-state index in [2.05, 4.69) is 4.98 Å². The Balaban J connectivity index is 2.50. The number of hydrogen-bond acceptors (Lipinski definition) is 3. The van der Waals surface area contributed by atoms with E-state index in [1.54, 1.807) is 25.2 Å². The molecule has 3 nitrogen and oxygen atoms in total. The van der Waals surface area contributed by atoms with E-state index >= 15 is 0 Å². The summed E-state index contributed by atoms with van der Waals surface area (Å²) in [5.74, 6) is 0.0352. The second-order valence-corrected chi connectivity index (χ2v) is 4.24. The second kappa shape index (κ2) is 3.38.